The zero-order valence-corrected chi connectivity index (χ0v) is 18.1. The van der Waals surface area contributed by atoms with Crippen LogP contribution in [0.25, 0.3) is 6.08 Å². The number of sulfonamides is 1. The van der Waals surface area contributed by atoms with Crippen molar-refractivity contribution in [3.63, 3.8) is 0 Å². The molecule has 7 heteroatoms. The van der Waals surface area contributed by atoms with Gasteiger partial charge in [-0.15, -0.1) is 0 Å². The number of nitrogens with one attached hydrogen (secondary N) is 2. The Hall–Kier alpha value is -3.09. The van der Waals surface area contributed by atoms with Gasteiger partial charge in [-0.25, -0.2) is 8.42 Å². The summed E-state index contributed by atoms with van der Waals surface area (Å²) >= 11 is 5.91. The van der Waals surface area contributed by atoms with Gasteiger partial charge in [-0.2, -0.15) is 0 Å². The second-order valence-corrected chi connectivity index (χ2v) is 8.94. The first-order chi connectivity index (χ1) is 14.2. The lowest BCUT2D eigenvalue weighted by molar-refractivity contribution is -0.111. The van der Waals surface area contributed by atoms with Crippen molar-refractivity contribution in [1.82, 2.24) is 0 Å². The van der Waals surface area contributed by atoms with E-state index in [-0.39, 0.29) is 10.8 Å². The van der Waals surface area contributed by atoms with Gasteiger partial charge in [0.05, 0.1) is 10.6 Å². The van der Waals surface area contributed by atoms with Crippen LogP contribution in [0.4, 0.5) is 11.4 Å². The number of carbonyl (C=O) groups excluding carboxylic acids is 1. The van der Waals surface area contributed by atoms with E-state index in [0.717, 1.165) is 16.7 Å². The summed E-state index contributed by atoms with van der Waals surface area (Å²) < 4.78 is 27.8. The van der Waals surface area contributed by atoms with E-state index in [0.29, 0.717) is 16.4 Å². The summed E-state index contributed by atoms with van der Waals surface area (Å²) in [5.41, 5.74) is 3.73. The van der Waals surface area contributed by atoms with Gasteiger partial charge in [-0.1, -0.05) is 41.4 Å². The predicted molar refractivity (Wildman–Crippen MR) is 122 cm³/mol. The van der Waals surface area contributed by atoms with Crippen molar-refractivity contribution < 1.29 is 13.2 Å². The highest BCUT2D eigenvalue weighted by atomic mass is 35.5. The second kappa shape index (κ2) is 9.15. The first-order valence-corrected chi connectivity index (χ1v) is 11.0. The van der Waals surface area contributed by atoms with Gasteiger partial charge < -0.3 is 5.32 Å². The molecule has 0 saturated heterocycles. The summed E-state index contributed by atoms with van der Waals surface area (Å²) in [6, 6.07) is 18.7. The number of aryl methyl sites for hydroxylation is 2. The number of carbonyl (C=O) groups is 1. The van der Waals surface area contributed by atoms with Gasteiger partial charge in [0.15, 0.2) is 0 Å². The van der Waals surface area contributed by atoms with Crippen molar-refractivity contribution in [3.05, 3.63) is 94.5 Å². The maximum absolute atomic E-state index is 12.6. The molecular formula is C23H21ClN2O3S. The highest BCUT2D eigenvalue weighted by Gasteiger charge is 2.15. The van der Waals surface area contributed by atoms with E-state index in [1.807, 2.05) is 31.2 Å². The van der Waals surface area contributed by atoms with Gasteiger partial charge >= 0.3 is 0 Å². The maximum Gasteiger partial charge on any atom is 0.261 e. The Morgan fingerprint density at radius 1 is 0.933 bits per heavy atom. The van der Waals surface area contributed by atoms with Gasteiger partial charge in [0, 0.05) is 16.8 Å². The first-order valence-electron chi connectivity index (χ1n) is 9.18. The topological polar surface area (TPSA) is 75.3 Å². The van der Waals surface area contributed by atoms with Crippen LogP contribution in [0.5, 0.6) is 0 Å². The Morgan fingerprint density at radius 2 is 1.60 bits per heavy atom. The lowest BCUT2D eigenvalue weighted by Gasteiger charge is -2.11. The monoisotopic (exact) mass is 440 g/mol. The highest BCUT2D eigenvalue weighted by Crippen LogP contribution is 2.23. The number of hydrogen-bond acceptors (Lipinski definition) is 3. The SMILES string of the molecule is Cc1ccc(/C=C/C(=O)Nc2ccc(S(=O)(=O)Nc3ccc(Cl)cc3C)cc2)cc1. The van der Waals surface area contributed by atoms with E-state index in [1.165, 1.54) is 18.2 Å². The normalized spacial score (nSPS) is 11.4. The molecule has 0 heterocycles. The molecule has 0 fully saturated rings. The molecule has 3 rings (SSSR count). The molecule has 2 N–H and O–H groups in total. The van der Waals surface area contributed by atoms with E-state index in [4.69, 9.17) is 11.6 Å². The molecule has 3 aromatic rings. The molecule has 0 atom stereocenters. The molecule has 0 aromatic heterocycles. The molecule has 0 spiro atoms. The van der Waals surface area contributed by atoms with Crippen molar-refractivity contribution in [2.45, 2.75) is 18.7 Å². The molecule has 3 aromatic carbocycles. The number of amides is 1. The minimum absolute atomic E-state index is 0.0880. The lowest BCUT2D eigenvalue weighted by atomic mass is 10.1. The highest BCUT2D eigenvalue weighted by molar-refractivity contribution is 7.92. The Morgan fingerprint density at radius 3 is 2.23 bits per heavy atom. The van der Waals surface area contributed by atoms with Crippen LogP contribution in [0.3, 0.4) is 0 Å². The average Bonchev–Trinajstić information content (AvgIpc) is 2.70. The molecule has 0 aliphatic carbocycles. The Balaban J connectivity index is 1.66. The van der Waals surface area contributed by atoms with Crippen LogP contribution < -0.4 is 10.0 Å². The largest absolute Gasteiger partial charge is 0.323 e. The third kappa shape index (κ3) is 5.72. The van der Waals surface area contributed by atoms with E-state index in [2.05, 4.69) is 10.0 Å². The van der Waals surface area contributed by atoms with Crippen molar-refractivity contribution in [3.8, 4) is 0 Å². The fourth-order valence-corrected chi connectivity index (χ4v) is 4.05. The van der Waals surface area contributed by atoms with Crippen molar-refractivity contribution in [2.75, 3.05) is 10.0 Å². The molecule has 0 radical (unpaired) electrons. The van der Waals surface area contributed by atoms with Gasteiger partial charge in [0.1, 0.15) is 0 Å². The van der Waals surface area contributed by atoms with E-state index in [9.17, 15) is 13.2 Å². The molecule has 0 aliphatic heterocycles. The summed E-state index contributed by atoms with van der Waals surface area (Å²) in [5.74, 6) is -0.305. The molecule has 30 heavy (non-hydrogen) atoms. The molecule has 0 unspecified atom stereocenters. The van der Waals surface area contributed by atoms with Gasteiger partial charge in [-0.05, 0) is 73.5 Å². The quantitative estimate of drug-likeness (QED) is 0.503. The summed E-state index contributed by atoms with van der Waals surface area (Å²) in [6.45, 7) is 3.77. The van der Waals surface area contributed by atoms with Crippen LogP contribution in [-0.2, 0) is 14.8 Å². The third-order valence-corrected chi connectivity index (χ3v) is 5.99. The smallest absolute Gasteiger partial charge is 0.261 e. The van der Waals surface area contributed by atoms with Crippen LogP contribution in [0, 0.1) is 13.8 Å². The number of rotatable bonds is 6. The summed E-state index contributed by atoms with van der Waals surface area (Å²) in [7, 11) is -3.76. The summed E-state index contributed by atoms with van der Waals surface area (Å²) in [5, 5.41) is 3.25. The third-order valence-electron chi connectivity index (χ3n) is 4.37. The standard InChI is InChI=1S/C23H21ClN2O3S/c1-16-3-5-18(6-4-16)7-14-23(27)25-20-9-11-21(12-10-20)30(28,29)26-22-13-8-19(24)15-17(22)2/h3-15,26H,1-2H3,(H,25,27)/b14-7+. The predicted octanol–water partition coefficient (Wildman–Crippen LogP) is 5.41. The lowest BCUT2D eigenvalue weighted by Crippen LogP contribution is -2.14. The molecule has 5 nitrogen and oxygen atoms in total. The summed E-state index contributed by atoms with van der Waals surface area (Å²) in [6.07, 6.45) is 3.14. The van der Waals surface area contributed by atoms with Crippen LogP contribution in [-0.4, -0.2) is 14.3 Å². The van der Waals surface area contributed by atoms with Crippen LogP contribution >= 0.6 is 11.6 Å². The van der Waals surface area contributed by atoms with Crippen LogP contribution in [0.15, 0.2) is 77.7 Å². The number of halogens is 1. The van der Waals surface area contributed by atoms with Gasteiger partial charge in [0.25, 0.3) is 10.0 Å². The van der Waals surface area contributed by atoms with E-state index in [1.54, 1.807) is 43.3 Å². The molecule has 0 aliphatic rings. The number of benzene rings is 3. The van der Waals surface area contributed by atoms with E-state index < -0.39 is 10.0 Å². The zero-order valence-electron chi connectivity index (χ0n) is 16.5. The zero-order chi connectivity index (χ0) is 21.7. The maximum atomic E-state index is 12.6. The fraction of sp³-hybridized carbons (Fsp3) is 0.0870. The fourth-order valence-electron chi connectivity index (χ4n) is 2.70. The van der Waals surface area contributed by atoms with E-state index >= 15 is 0 Å². The number of anilines is 2. The molecule has 0 bridgehead atoms. The minimum atomic E-state index is -3.76. The van der Waals surface area contributed by atoms with Crippen molar-refractivity contribution >= 4 is 45.0 Å². The molecule has 0 saturated carbocycles. The average molecular weight is 441 g/mol. The minimum Gasteiger partial charge on any atom is -0.323 e. The Bertz CT molecular complexity index is 1190. The van der Waals surface area contributed by atoms with Crippen molar-refractivity contribution in [1.29, 1.82) is 0 Å². The van der Waals surface area contributed by atoms with Crippen molar-refractivity contribution in [2.24, 2.45) is 0 Å². The number of hydrogen-bond donors (Lipinski definition) is 2. The first kappa shape index (κ1) is 21.6. The van der Waals surface area contributed by atoms with Crippen LogP contribution in [0.1, 0.15) is 16.7 Å². The second-order valence-electron chi connectivity index (χ2n) is 6.82. The van der Waals surface area contributed by atoms with Gasteiger partial charge in [-0.3, -0.25) is 9.52 Å². The molecular weight excluding hydrogens is 420 g/mol. The molecule has 154 valence electrons. The Kier molecular flexibility index (Phi) is 6.59. The van der Waals surface area contributed by atoms with Gasteiger partial charge in [0.2, 0.25) is 5.91 Å². The van der Waals surface area contributed by atoms with Crippen LogP contribution in [0.2, 0.25) is 5.02 Å². The Labute approximate surface area is 181 Å². The molecule has 1 amide bonds. The summed E-state index contributed by atoms with van der Waals surface area (Å²) in [4.78, 5) is 12.2.